The molecule has 0 aliphatic heterocycles. The third-order valence-corrected chi connectivity index (χ3v) is 6.71. The highest BCUT2D eigenvalue weighted by Crippen LogP contribution is 2.33. The molecule has 0 radical (unpaired) electrons. The normalized spacial score (nSPS) is 12.1. The summed E-state index contributed by atoms with van der Waals surface area (Å²) >= 11 is 1.10. The fourth-order valence-electron chi connectivity index (χ4n) is 4.02. The lowest BCUT2D eigenvalue weighted by atomic mass is 10.1. The van der Waals surface area contributed by atoms with E-state index in [0.717, 1.165) is 11.3 Å². The average Bonchev–Trinajstić information content (AvgIpc) is 3.61. The minimum absolute atomic E-state index is 0.179. The number of hydrogen-bond donors (Lipinski definition) is 0. The number of ketones is 1. The van der Waals surface area contributed by atoms with Crippen LogP contribution >= 0.6 is 11.3 Å². The first-order valence-electron chi connectivity index (χ1n) is 11.5. The number of fused-ring (bicyclic) bond motifs is 2. The molecule has 0 aliphatic rings. The number of hydrogen-bond acceptors (Lipinski definition) is 9. The molecule has 3 heterocycles. The lowest BCUT2D eigenvalue weighted by Crippen LogP contribution is -2.14. The van der Waals surface area contributed by atoms with E-state index in [0.29, 0.717) is 38.4 Å². The zero-order chi connectivity index (χ0) is 26.1. The topological polar surface area (TPSA) is 112 Å². The molecule has 0 atom stereocenters. The van der Waals surface area contributed by atoms with Crippen molar-refractivity contribution in [3.05, 3.63) is 116 Å². The van der Waals surface area contributed by atoms with Gasteiger partial charge in [0.15, 0.2) is 5.01 Å². The van der Waals surface area contributed by atoms with Crippen molar-refractivity contribution in [3.8, 4) is 11.4 Å². The van der Waals surface area contributed by atoms with Gasteiger partial charge in [-0.2, -0.15) is 10.2 Å². The molecule has 0 amide bonds. The average molecular weight is 523 g/mol. The fraction of sp³-hybridized carbons (Fsp3) is 0.0357. The highest BCUT2D eigenvalue weighted by molar-refractivity contribution is 7.11. The van der Waals surface area contributed by atoms with Crippen LogP contribution in [0.15, 0.2) is 109 Å². The van der Waals surface area contributed by atoms with Gasteiger partial charge in [-0.05, 0) is 18.2 Å². The molecular formula is C28H18N4O5S. The Balaban J connectivity index is 1.44. The Labute approximate surface area is 218 Å². The van der Waals surface area contributed by atoms with E-state index < -0.39 is 0 Å². The van der Waals surface area contributed by atoms with Crippen LogP contribution in [-0.4, -0.2) is 28.9 Å². The van der Waals surface area contributed by atoms with Crippen molar-refractivity contribution in [3.63, 3.8) is 0 Å². The van der Waals surface area contributed by atoms with Crippen molar-refractivity contribution in [2.75, 3.05) is 7.11 Å². The summed E-state index contributed by atoms with van der Waals surface area (Å²) in [6, 6.07) is 21.6. The number of carbonyl (C=O) groups is 1. The van der Waals surface area contributed by atoms with Crippen molar-refractivity contribution >= 4 is 45.3 Å². The number of aromatic nitrogens is 2. The van der Waals surface area contributed by atoms with Gasteiger partial charge in [-0.3, -0.25) is 9.59 Å². The predicted molar refractivity (Wildman–Crippen MR) is 143 cm³/mol. The Hall–Kier alpha value is -5.09. The molecule has 0 saturated heterocycles. The van der Waals surface area contributed by atoms with Crippen LogP contribution in [0.5, 0.6) is 5.75 Å². The first-order valence-corrected chi connectivity index (χ1v) is 12.3. The van der Waals surface area contributed by atoms with Gasteiger partial charge in [-0.15, -0.1) is 5.10 Å². The molecule has 0 fully saturated rings. The van der Waals surface area contributed by atoms with Crippen LogP contribution in [-0.2, 0) is 0 Å². The largest absolute Gasteiger partial charge is 0.495 e. The number of methoxy groups -OCH3 is 1. The highest BCUT2D eigenvalue weighted by Gasteiger charge is 2.18. The molecule has 6 rings (SSSR count). The van der Waals surface area contributed by atoms with Gasteiger partial charge in [0, 0.05) is 11.6 Å². The van der Waals surface area contributed by atoms with Crippen LogP contribution in [0.3, 0.4) is 0 Å². The molecule has 9 nitrogen and oxygen atoms in total. The number of nitrogens with zero attached hydrogens (tertiary/aromatic N) is 4. The minimum Gasteiger partial charge on any atom is -0.495 e. The van der Waals surface area contributed by atoms with Gasteiger partial charge < -0.3 is 13.6 Å². The predicted octanol–water partition coefficient (Wildman–Crippen LogP) is 4.96. The van der Waals surface area contributed by atoms with E-state index in [1.807, 2.05) is 36.4 Å². The third kappa shape index (κ3) is 4.12. The van der Waals surface area contributed by atoms with E-state index in [-0.39, 0.29) is 27.2 Å². The molecule has 6 aromatic rings. The second-order valence-corrected chi connectivity index (χ2v) is 9.07. The smallest absolute Gasteiger partial charge is 0.233 e. The minimum atomic E-state index is -0.328. The van der Waals surface area contributed by atoms with Gasteiger partial charge >= 0.3 is 0 Å². The maximum Gasteiger partial charge on any atom is 0.233 e. The Bertz CT molecular complexity index is 1950. The lowest BCUT2D eigenvalue weighted by Gasteiger charge is -2.06. The third-order valence-electron chi connectivity index (χ3n) is 5.81. The maximum absolute atomic E-state index is 13.3. The number of benzene rings is 3. The second kappa shape index (κ2) is 9.75. The van der Waals surface area contributed by atoms with E-state index in [2.05, 4.69) is 15.3 Å². The number of ether oxygens (including phenoxy) is 1. The standard InChI is InChI=1S/C28H18N4O5S/c1-35-26-20-12-13-36-21(20)14-22-23(26)24(33)18(16-37-22)15-29-30-28-32(19-10-6-3-7-11-19)31-27(38-28)25(34)17-8-4-2-5-9-17/h2-16H,1H3/b29-15+,30-28+. The summed E-state index contributed by atoms with van der Waals surface area (Å²) < 4.78 is 18.2. The fourth-order valence-corrected chi connectivity index (χ4v) is 4.85. The summed E-state index contributed by atoms with van der Waals surface area (Å²) in [5, 5.41) is 14.1. The van der Waals surface area contributed by atoms with Gasteiger partial charge in [0.05, 0.1) is 36.2 Å². The maximum atomic E-state index is 13.3. The van der Waals surface area contributed by atoms with Gasteiger partial charge in [-0.25, -0.2) is 4.68 Å². The van der Waals surface area contributed by atoms with Crippen LogP contribution in [0, 0.1) is 0 Å². The van der Waals surface area contributed by atoms with E-state index in [1.165, 1.54) is 25.9 Å². The van der Waals surface area contributed by atoms with Gasteiger partial charge in [-0.1, -0.05) is 59.9 Å². The van der Waals surface area contributed by atoms with E-state index in [9.17, 15) is 9.59 Å². The Morgan fingerprint density at radius 2 is 1.79 bits per heavy atom. The number of rotatable bonds is 6. The van der Waals surface area contributed by atoms with Crippen molar-refractivity contribution in [1.29, 1.82) is 0 Å². The molecule has 0 aliphatic carbocycles. The van der Waals surface area contributed by atoms with Crippen LogP contribution in [0.25, 0.3) is 27.6 Å². The molecule has 10 heteroatoms. The van der Waals surface area contributed by atoms with Crippen molar-refractivity contribution < 1.29 is 18.4 Å². The zero-order valence-electron chi connectivity index (χ0n) is 19.9. The molecule has 3 aromatic heterocycles. The summed E-state index contributed by atoms with van der Waals surface area (Å²) in [6.07, 6.45) is 4.13. The molecule has 0 bridgehead atoms. The summed E-state index contributed by atoms with van der Waals surface area (Å²) in [5.41, 5.74) is 1.96. The summed E-state index contributed by atoms with van der Waals surface area (Å²) in [7, 11) is 1.48. The van der Waals surface area contributed by atoms with E-state index in [1.54, 1.807) is 41.1 Å². The van der Waals surface area contributed by atoms with Crippen molar-refractivity contribution in [2.45, 2.75) is 0 Å². The van der Waals surface area contributed by atoms with Gasteiger partial charge in [0.2, 0.25) is 16.0 Å². The quantitative estimate of drug-likeness (QED) is 0.174. The number of para-hydroxylation sites is 1. The SMILES string of the molecule is COc1c2ccoc2cc2occ(/C=N/N=c3/sc(C(=O)c4ccccc4)nn3-c3ccccc3)c(=O)c12. The number of furan rings is 1. The summed E-state index contributed by atoms with van der Waals surface area (Å²) in [5.74, 6) is 0.138. The van der Waals surface area contributed by atoms with Crippen molar-refractivity contribution in [1.82, 2.24) is 9.78 Å². The van der Waals surface area contributed by atoms with Crippen LogP contribution < -0.4 is 15.0 Å². The molecule has 38 heavy (non-hydrogen) atoms. The molecule has 3 aromatic carbocycles. The summed E-state index contributed by atoms with van der Waals surface area (Å²) in [4.78, 5) is 26.7. The Morgan fingerprint density at radius 3 is 2.55 bits per heavy atom. The van der Waals surface area contributed by atoms with Crippen LogP contribution in [0.1, 0.15) is 20.9 Å². The first kappa shape index (κ1) is 23.3. The van der Waals surface area contributed by atoms with Gasteiger partial charge in [0.1, 0.15) is 28.6 Å². The lowest BCUT2D eigenvalue weighted by molar-refractivity contribution is 0.103. The molecule has 0 unspecified atom stereocenters. The zero-order valence-corrected chi connectivity index (χ0v) is 20.7. The Kier molecular flexibility index (Phi) is 5.98. The highest BCUT2D eigenvalue weighted by atomic mass is 32.1. The van der Waals surface area contributed by atoms with Crippen LogP contribution in [0.2, 0.25) is 0 Å². The molecule has 0 N–H and O–H groups in total. The summed E-state index contributed by atoms with van der Waals surface area (Å²) in [6.45, 7) is 0. The molecule has 0 spiro atoms. The van der Waals surface area contributed by atoms with E-state index in [4.69, 9.17) is 13.6 Å². The Morgan fingerprint density at radius 1 is 1.03 bits per heavy atom. The monoisotopic (exact) mass is 522 g/mol. The second-order valence-electron chi connectivity index (χ2n) is 8.11. The van der Waals surface area contributed by atoms with Crippen LogP contribution in [0.4, 0.5) is 0 Å². The van der Waals surface area contributed by atoms with Gasteiger partial charge in [0.25, 0.3) is 0 Å². The number of carbonyl (C=O) groups excluding carboxylic acids is 1. The molecule has 0 saturated carbocycles. The molecule has 186 valence electrons. The van der Waals surface area contributed by atoms with Crippen molar-refractivity contribution in [2.24, 2.45) is 10.2 Å². The first-order chi connectivity index (χ1) is 18.6. The van der Waals surface area contributed by atoms with E-state index >= 15 is 0 Å². The molecular weight excluding hydrogens is 504 g/mol.